The van der Waals surface area contributed by atoms with Gasteiger partial charge in [0.15, 0.2) is 11.9 Å². The van der Waals surface area contributed by atoms with E-state index in [1.54, 1.807) is 66.9 Å². The number of hydrogen-bond donors (Lipinski definition) is 4. The lowest BCUT2D eigenvalue weighted by molar-refractivity contribution is -0.197. The lowest BCUT2D eigenvalue weighted by atomic mass is 9.84. The number of cyclic esters (lactones) is 2. The summed E-state index contributed by atoms with van der Waals surface area (Å²) in [5, 5.41) is 21.0. The number of imide groups is 1. The zero-order valence-corrected chi connectivity index (χ0v) is 57.1. The summed E-state index contributed by atoms with van der Waals surface area (Å²) in [5.74, 6) is -8.71. The third-order valence-corrected chi connectivity index (χ3v) is 16.6. The molecule has 4 rings (SSSR count). The first-order valence-corrected chi connectivity index (χ1v) is 32.6. The van der Waals surface area contributed by atoms with Crippen LogP contribution in [-0.4, -0.2) is 190 Å². The predicted molar refractivity (Wildman–Crippen MR) is 344 cm³/mol. The van der Waals surface area contributed by atoms with E-state index in [0.29, 0.717) is 54.2 Å². The molecule has 25 nitrogen and oxygen atoms in total. The standard InChI is InChI=1S/C68H98ClN5O20/c1-42(2)37-57-66(85)92-55(13-12-14-58(77)72-53(39-48-18-22-56(88-11)52(69)38-48)65(84)70-41-68(8,9)67(86)93-57)45(6)63(82)44(5)49-19-15-47(16-20-49)17-21-54(76)46(7)71-64(83)51(43(3)4)40-50(75)25-28-73(29-26-62(81)94-74-60(79)23-24-61(74)80)59(78)27-30-89-33-34-91-36-35-90-32-31-87-10/h12,14-16,18-20,22,38,42-46,51,53,55,57,63,82H,13,17,21,23-37,39-41H2,1-11H3,(H,70,84)(H,71,83)(H,72,77)/b14-12+/t44-,45+,46+,51+,53+,55+,57+,63+/m1/s1. The van der Waals surface area contributed by atoms with Crippen LogP contribution in [0.3, 0.4) is 0 Å². The van der Waals surface area contributed by atoms with Gasteiger partial charge in [0.1, 0.15) is 23.7 Å². The zero-order valence-electron chi connectivity index (χ0n) is 56.3. The Morgan fingerprint density at radius 1 is 0.787 bits per heavy atom. The van der Waals surface area contributed by atoms with E-state index in [1.807, 2.05) is 45.0 Å². The number of hydroxylamine groups is 2. The van der Waals surface area contributed by atoms with E-state index < -0.39 is 107 Å². The lowest BCUT2D eigenvalue weighted by Crippen LogP contribution is -2.51. The van der Waals surface area contributed by atoms with Gasteiger partial charge in [0, 0.05) is 89.4 Å². The van der Waals surface area contributed by atoms with Crippen molar-refractivity contribution in [1.29, 1.82) is 0 Å². The van der Waals surface area contributed by atoms with Crippen molar-refractivity contribution in [3.63, 3.8) is 0 Å². The minimum Gasteiger partial charge on any atom is -0.495 e. The molecule has 0 unspecified atom stereocenters. The quantitative estimate of drug-likeness (QED) is 0.0359. The summed E-state index contributed by atoms with van der Waals surface area (Å²) in [5.41, 5.74) is 0.817. The van der Waals surface area contributed by atoms with E-state index in [-0.39, 0.29) is 127 Å². The third kappa shape index (κ3) is 26.9. The fourth-order valence-corrected chi connectivity index (χ4v) is 10.5. The molecule has 1 saturated heterocycles. The van der Waals surface area contributed by atoms with Crippen LogP contribution >= 0.6 is 11.6 Å². The Hall–Kier alpha value is -7.16. The maximum Gasteiger partial charge on any atom is 0.347 e. The van der Waals surface area contributed by atoms with Crippen LogP contribution in [0.5, 0.6) is 5.75 Å². The van der Waals surface area contributed by atoms with Gasteiger partial charge in [-0.2, -0.15) is 0 Å². The van der Waals surface area contributed by atoms with Crippen LogP contribution in [0.25, 0.3) is 0 Å². The molecule has 94 heavy (non-hydrogen) atoms. The van der Waals surface area contributed by atoms with Crippen molar-refractivity contribution < 1.29 is 95.8 Å². The second-order valence-electron chi connectivity index (χ2n) is 25.1. The van der Waals surface area contributed by atoms with Gasteiger partial charge in [-0.1, -0.05) is 89.6 Å². The molecule has 0 aliphatic carbocycles. The number of aliphatic hydroxyl groups is 1. The molecule has 4 N–H and O–H groups in total. The molecule has 0 aromatic heterocycles. The largest absolute Gasteiger partial charge is 0.495 e. The highest BCUT2D eigenvalue weighted by Crippen LogP contribution is 2.31. The van der Waals surface area contributed by atoms with Crippen LogP contribution in [0, 0.1) is 29.1 Å². The molecular formula is C68H98ClN5O20. The minimum absolute atomic E-state index is 0.0106. The molecule has 8 atom stereocenters. The Kier molecular flexibility index (Phi) is 34.0. The van der Waals surface area contributed by atoms with Crippen molar-refractivity contribution in [2.45, 2.75) is 169 Å². The van der Waals surface area contributed by atoms with E-state index in [9.17, 15) is 57.8 Å². The fourth-order valence-electron chi connectivity index (χ4n) is 10.2. The highest BCUT2D eigenvalue weighted by atomic mass is 35.5. The number of Topliss-reactive ketones (excluding diaryl/α,β-unsaturated/α-hetero) is 2. The van der Waals surface area contributed by atoms with Gasteiger partial charge in [0.2, 0.25) is 23.6 Å². The molecule has 2 aromatic carbocycles. The number of aryl methyl sites for hydroxylation is 1. The number of nitrogens with one attached hydrogen (secondary N) is 3. The van der Waals surface area contributed by atoms with Gasteiger partial charge in [-0.3, -0.25) is 43.2 Å². The molecule has 0 radical (unpaired) electrons. The summed E-state index contributed by atoms with van der Waals surface area (Å²) in [6, 6.07) is 10.3. The number of methoxy groups -OCH3 is 2. The van der Waals surface area contributed by atoms with Gasteiger partial charge in [0.05, 0.1) is 88.8 Å². The van der Waals surface area contributed by atoms with Crippen LogP contribution in [0.15, 0.2) is 54.6 Å². The van der Waals surface area contributed by atoms with E-state index in [4.69, 9.17) is 49.6 Å². The molecule has 522 valence electrons. The highest BCUT2D eigenvalue weighted by molar-refractivity contribution is 6.32. The Morgan fingerprint density at radius 3 is 2.01 bits per heavy atom. The Bertz CT molecular complexity index is 2880. The molecule has 2 heterocycles. The Labute approximate surface area is 556 Å². The maximum atomic E-state index is 14.0. The SMILES string of the molecule is COCCOCCOCCOCCC(=O)N(CCC(=O)C[C@H](C(=O)N[C@@H](C)C(=O)CCc1ccc([C@@H](C)[C@H](O)[C@@H](C)[C@@H]2C/C=C/C(=O)N[C@@H](Cc3ccc(OC)c(Cl)c3)C(=O)NCC(C)(C)C(=O)O[C@@H](CC(C)C)C(=O)O2)cc1)C(C)C)CCC(=O)ON1C(=O)CCC1=O. The number of ketones is 2. The second-order valence-corrected chi connectivity index (χ2v) is 25.6. The van der Waals surface area contributed by atoms with E-state index in [0.717, 1.165) is 11.1 Å². The Morgan fingerprint density at radius 2 is 1.40 bits per heavy atom. The van der Waals surface area contributed by atoms with Crippen LogP contribution in [0.2, 0.25) is 5.02 Å². The van der Waals surface area contributed by atoms with Gasteiger partial charge in [-0.25, -0.2) is 9.59 Å². The molecule has 26 heteroatoms. The smallest absolute Gasteiger partial charge is 0.347 e. The number of aliphatic hydroxyl groups excluding tert-OH is 1. The van der Waals surface area contributed by atoms with Crippen molar-refractivity contribution >= 4 is 76.5 Å². The van der Waals surface area contributed by atoms with Crippen LogP contribution in [-0.2, 0) is 98.8 Å². The Balaban J connectivity index is 1.37. The number of nitrogens with zero attached hydrogens (tertiary/aromatic N) is 2. The van der Waals surface area contributed by atoms with Gasteiger partial charge in [-0.05, 0) is 80.3 Å². The fraction of sp³-hybridized carbons (Fsp3) is 0.632. The van der Waals surface area contributed by atoms with Gasteiger partial charge in [-0.15, -0.1) is 5.06 Å². The highest BCUT2D eigenvalue weighted by Gasteiger charge is 2.39. The third-order valence-electron chi connectivity index (χ3n) is 16.3. The van der Waals surface area contributed by atoms with Crippen LogP contribution < -0.4 is 20.7 Å². The summed E-state index contributed by atoms with van der Waals surface area (Å²) in [7, 11) is 3.05. The first-order valence-electron chi connectivity index (χ1n) is 32.2. The normalized spacial score (nSPS) is 19.3. The maximum absolute atomic E-state index is 14.0. The number of halogens is 1. The molecule has 6 amide bonds. The average molecular weight is 1340 g/mol. The van der Waals surface area contributed by atoms with Crippen molar-refractivity contribution in [1.82, 2.24) is 25.9 Å². The summed E-state index contributed by atoms with van der Waals surface area (Å²) >= 11 is 6.39. The van der Waals surface area contributed by atoms with E-state index in [2.05, 4.69) is 16.0 Å². The predicted octanol–water partition coefficient (Wildman–Crippen LogP) is 5.69. The van der Waals surface area contributed by atoms with Crippen LogP contribution in [0.4, 0.5) is 0 Å². The first-order chi connectivity index (χ1) is 44.5. The van der Waals surface area contributed by atoms with Gasteiger partial charge < -0.3 is 64.0 Å². The first kappa shape index (κ1) is 79.3. The topological polar surface area (TPSA) is 324 Å². The van der Waals surface area contributed by atoms with Crippen molar-refractivity contribution in [2.75, 3.05) is 80.1 Å². The summed E-state index contributed by atoms with van der Waals surface area (Å²) in [6.07, 6.45) is -1.33. The van der Waals surface area contributed by atoms with Gasteiger partial charge >= 0.3 is 17.9 Å². The molecule has 0 bridgehead atoms. The number of esters is 2. The number of ether oxygens (including phenoxy) is 7. The number of rotatable bonds is 37. The lowest BCUT2D eigenvalue weighted by Gasteiger charge is -2.33. The van der Waals surface area contributed by atoms with E-state index >= 15 is 0 Å². The number of carbonyl (C=O) groups is 11. The second kappa shape index (κ2) is 40.3. The summed E-state index contributed by atoms with van der Waals surface area (Å²) in [4.78, 5) is 152. The average Bonchev–Trinajstić information content (AvgIpc) is 1.25. The number of amides is 6. The molecule has 2 aliphatic heterocycles. The molecular weight excluding hydrogens is 1240 g/mol. The zero-order chi connectivity index (χ0) is 69.7. The number of carbonyl (C=O) groups excluding carboxylic acids is 11. The number of hydrogen-bond acceptors (Lipinski definition) is 20. The summed E-state index contributed by atoms with van der Waals surface area (Å²) < 4.78 is 38.5. The van der Waals surface area contributed by atoms with Crippen molar-refractivity contribution in [3.05, 3.63) is 76.3 Å². The van der Waals surface area contributed by atoms with Gasteiger partial charge in [0.25, 0.3) is 11.8 Å². The molecule has 0 spiro atoms. The molecule has 1 fully saturated rings. The van der Waals surface area contributed by atoms with Crippen molar-refractivity contribution in [2.24, 2.45) is 29.1 Å². The summed E-state index contributed by atoms with van der Waals surface area (Å²) in [6.45, 7) is 17.0. The molecule has 2 aromatic rings. The van der Waals surface area contributed by atoms with Crippen LogP contribution in [0.1, 0.15) is 143 Å². The van der Waals surface area contributed by atoms with Crippen molar-refractivity contribution in [3.8, 4) is 5.75 Å². The molecule has 0 saturated carbocycles. The minimum atomic E-state index is -1.33. The van der Waals surface area contributed by atoms with E-state index in [1.165, 1.54) is 24.2 Å². The molecule has 2 aliphatic rings. The number of benzene rings is 2. The monoisotopic (exact) mass is 1340 g/mol.